The summed E-state index contributed by atoms with van der Waals surface area (Å²) in [4.78, 5) is 26.3. The molecule has 0 aliphatic carbocycles. The topological polar surface area (TPSA) is 110 Å². The van der Waals surface area contributed by atoms with Crippen molar-refractivity contribution >= 4 is 23.7 Å². The molecule has 0 radical (unpaired) electrons. The van der Waals surface area contributed by atoms with Gasteiger partial charge < -0.3 is 14.6 Å². The second-order valence-electron chi connectivity index (χ2n) is 5.74. The van der Waals surface area contributed by atoms with E-state index < -0.39 is 18.0 Å². The summed E-state index contributed by atoms with van der Waals surface area (Å²) in [5, 5.41) is 13.2. The molecule has 0 atom stereocenters. The molecule has 3 rings (SSSR count). The van der Waals surface area contributed by atoms with Crippen molar-refractivity contribution in [2.75, 3.05) is 10.6 Å². The minimum Gasteiger partial charge on any atom is -0.465 e. The lowest BCUT2D eigenvalue weighted by Crippen LogP contribution is -2.13. The van der Waals surface area contributed by atoms with Gasteiger partial charge in [-0.05, 0) is 23.8 Å². The number of carbonyl (C=O) groups is 2. The number of ether oxygens (including phenoxy) is 2. The van der Waals surface area contributed by atoms with Crippen molar-refractivity contribution in [2.24, 2.45) is 0 Å². The summed E-state index contributed by atoms with van der Waals surface area (Å²) in [5.41, 5.74) is 1.02. The summed E-state index contributed by atoms with van der Waals surface area (Å²) >= 11 is 0. The second-order valence-corrected chi connectivity index (χ2v) is 5.74. The monoisotopic (exact) mass is 397 g/mol. The Morgan fingerprint density at radius 2 is 1.83 bits per heavy atom. The number of hydrogen-bond acceptors (Lipinski definition) is 5. The smallest absolute Gasteiger partial charge is 0.411 e. The van der Waals surface area contributed by atoms with Gasteiger partial charge >= 0.3 is 12.2 Å². The molecule has 2 aromatic carbocycles. The van der Waals surface area contributed by atoms with Crippen molar-refractivity contribution < 1.29 is 28.6 Å². The Balaban J connectivity index is 1.60. The number of rotatable bonds is 6. The molecule has 0 saturated carbocycles. The standard InChI is InChI=1S/C20H16FN3O5/c21-16-10-14(23-20(27)28-12-13-4-2-1-3-5-13)6-7-17(16)29-15-8-9-22-18(11-15)24-19(25)26/h1-11H,12H2,(H,22,24)(H,23,27)(H,25,26). The van der Waals surface area contributed by atoms with Crippen molar-refractivity contribution in [1.29, 1.82) is 0 Å². The molecule has 0 bridgehead atoms. The molecule has 0 saturated heterocycles. The third kappa shape index (κ3) is 5.93. The van der Waals surface area contributed by atoms with Gasteiger partial charge in [-0.3, -0.25) is 10.6 Å². The number of aromatic nitrogens is 1. The van der Waals surface area contributed by atoms with Crippen molar-refractivity contribution in [3.63, 3.8) is 0 Å². The molecule has 9 heteroatoms. The summed E-state index contributed by atoms with van der Waals surface area (Å²) in [5.74, 6) is -0.614. The Labute approximate surface area is 164 Å². The van der Waals surface area contributed by atoms with Gasteiger partial charge in [-0.1, -0.05) is 30.3 Å². The number of nitrogens with one attached hydrogen (secondary N) is 2. The molecule has 1 aromatic heterocycles. The lowest BCUT2D eigenvalue weighted by atomic mass is 10.2. The van der Waals surface area contributed by atoms with Crippen LogP contribution in [0.4, 0.5) is 25.5 Å². The Bertz CT molecular complexity index is 1010. The Hall–Kier alpha value is -4.14. The van der Waals surface area contributed by atoms with Gasteiger partial charge in [0.15, 0.2) is 11.6 Å². The van der Waals surface area contributed by atoms with Crippen LogP contribution < -0.4 is 15.4 Å². The van der Waals surface area contributed by atoms with Crippen LogP contribution in [0.25, 0.3) is 0 Å². The van der Waals surface area contributed by atoms with Crippen LogP contribution in [0.5, 0.6) is 11.5 Å². The van der Waals surface area contributed by atoms with Crippen LogP contribution in [0.2, 0.25) is 0 Å². The Morgan fingerprint density at radius 3 is 2.55 bits per heavy atom. The lowest BCUT2D eigenvalue weighted by Gasteiger charge is -2.10. The first-order valence-corrected chi connectivity index (χ1v) is 8.41. The molecule has 0 unspecified atom stereocenters. The van der Waals surface area contributed by atoms with Crippen LogP contribution in [0, 0.1) is 5.82 Å². The molecule has 3 aromatic rings. The molecule has 148 valence electrons. The van der Waals surface area contributed by atoms with Crippen molar-refractivity contribution in [3.8, 4) is 11.5 Å². The summed E-state index contributed by atoms with van der Waals surface area (Å²) < 4.78 is 24.8. The van der Waals surface area contributed by atoms with Gasteiger partial charge in [0, 0.05) is 24.0 Å². The van der Waals surface area contributed by atoms with E-state index in [0.717, 1.165) is 11.6 Å². The summed E-state index contributed by atoms with van der Waals surface area (Å²) in [6, 6.07) is 15.7. The quantitative estimate of drug-likeness (QED) is 0.548. The van der Waals surface area contributed by atoms with Gasteiger partial charge in [0.05, 0.1) is 0 Å². The predicted molar refractivity (Wildman–Crippen MR) is 103 cm³/mol. The number of carbonyl (C=O) groups excluding carboxylic acids is 1. The maximum atomic E-state index is 14.3. The van der Waals surface area contributed by atoms with E-state index in [1.165, 1.54) is 30.5 Å². The molecule has 3 N–H and O–H groups in total. The molecule has 2 amide bonds. The number of amides is 2. The molecule has 0 aliphatic rings. The average molecular weight is 397 g/mol. The fraction of sp³-hybridized carbons (Fsp3) is 0.0500. The molecule has 1 heterocycles. The first kappa shape index (κ1) is 19.6. The number of nitrogens with zero attached hydrogens (tertiary/aromatic N) is 1. The third-order valence-corrected chi connectivity index (χ3v) is 3.59. The lowest BCUT2D eigenvalue weighted by molar-refractivity contribution is 0.155. The molecule has 29 heavy (non-hydrogen) atoms. The van der Waals surface area contributed by atoms with Gasteiger partial charge in [0.2, 0.25) is 0 Å². The molecule has 0 spiro atoms. The first-order chi connectivity index (χ1) is 14.0. The molecule has 0 fully saturated rings. The van der Waals surface area contributed by atoms with E-state index in [1.807, 2.05) is 30.3 Å². The highest BCUT2D eigenvalue weighted by atomic mass is 19.1. The van der Waals surface area contributed by atoms with Crippen LogP contribution in [-0.2, 0) is 11.3 Å². The van der Waals surface area contributed by atoms with Crippen LogP contribution in [0.3, 0.4) is 0 Å². The fourth-order valence-electron chi connectivity index (χ4n) is 2.32. The average Bonchev–Trinajstić information content (AvgIpc) is 2.69. The van der Waals surface area contributed by atoms with Gasteiger partial charge in [-0.15, -0.1) is 0 Å². The summed E-state index contributed by atoms with van der Waals surface area (Å²) in [6.45, 7) is 0.0884. The third-order valence-electron chi connectivity index (χ3n) is 3.59. The van der Waals surface area contributed by atoms with Crippen LogP contribution in [-0.4, -0.2) is 22.3 Å². The molecular formula is C20H16FN3O5. The minimum absolute atomic E-state index is 0.0369. The summed E-state index contributed by atoms with van der Waals surface area (Å²) in [6.07, 6.45) is -0.687. The molecule has 8 nitrogen and oxygen atoms in total. The van der Waals surface area contributed by atoms with E-state index >= 15 is 0 Å². The minimum atomic E-state index is -1.28. The zero-order valence-corrected chi connectivity index (χ0v) is 15.0. The van der Waals surface area contributed by atoms with E-state index in [0.29, 0.717) is 0 Å². The van der Waals surface area contributed by atoms with Gasteiger partial charge in [-0.2, -0.15) is 0 Å². The van der Waals surface area contributed by atoms with Crippen LogP contribution >= 0.6 is 0 Å². The number of anilines is 2. The van der Waals surface area contributed by atoms with Crippen LogP contribution in [0.15, 0.2) is 66.9 Å². The SMILES string of the molecule is O=C(O)Nc1cc(Oc2ccc(NC(=O)OCc3ccccc3)cc2F)ccn1. The number of carboxylic acid groups (broad SMARTS) is 1. The van der Waals surface area contributed by atoms with E-state index in [4.69, 9.17) is 14.6 Å². The van der Waals surface area contributed by atoms with Gasteiger partial charge in [0.1, 0.15) is 18.2 Å². The normalized spacial score (nSPS) is 10.1. The first-order valence-electron chi connectivity index (χ1n) is 8.41. The van der Waals surface area contributed by atoms with Gasteiger partial charge in [-0.25, -0.2) is 19.0 Å². The maximum absolute atomic E-state index is 14.3. The Kier molecular flexibility index (Phi) is 6.21. The van der Waals surface area contributed by atoms with E-state index in [-0.39, 0.29) is 29.6 Å². The largest absolute Gasteiger partial charge is 0.465 e. The van der Waals surface area contributed by atoms with Crippen LogP contribution in [0.1, 0.15) is 5.56 Å². The predicted octanol–water partition coefficient (Wildman–Crippen LogP) is 4.85. The van der Waals surface area contributed by atoms with E-state index in [2.05, 4.69) is 15.6 Å². The van der Waals surface area contributed by atoms with Crippen molar-refractivity contribution in [1.82, 2.24) is 4.98 Å². The van der Waals surface area contributed by atoms with Crippen molar-refractivity contribution in [3.05, 3.63) is 78.2 Å². The zero-order chi connectivity index (χ0) is 20.6. The highest BCUT2D eigenvalue weighted by Crippen LogP contribution is 2.27. The second kappa shape index (κ2) is 9.18. The number of pyridine rings is 1. The Morgan fingerprint density at radius 1 is 1.03 bits per heavy atom. The fourth-order valence-corrected chi connectivity index (χ4v) is 2.32. The van der Waals surface area contributed by atoms with Crippen molar-refractivity contribution in [2.45, 2.75) is 6.61 Å². The highest BCUT2D eigenvalue weighted by Gasteiger charge is 2.10. The van der Waals surface area contributed by atoms with Gasteiger partial charge in [0.25, 0.3) is 0 Å². The zero-order valence-electron chi connectivity index (χ0n) is 15.0. The van der Waals surface area contributed by atoms with E-state index in [1.54, 1.807) is 0 Å². The number of benzene rings is 2. The van der Waals surface area contributed by atoms with E-state index in [9.17, 15) is 14.0 Å². The highest BCUT2D eigenvalue weighted by molar-refractivity contribution is 5.84. The number of hydrogen-bond donors (Lipinski definition) is 3. The maximum Gasteiger partial charge on any atom is 0.411 e. The summed E-state index contributed by atoms with van der Waals surface area (Å²) in [7, 11) is 0. The molecular weight excluding hydrogens is 381 g/mol. The number of halogens is 1. The molecule has 0 aliphatic heterocycles.